The summed E-state index contributed by atoms with van der Waals surface area (Å²) in [6, 6.07) is 34.5. The SMILES string of the molecule is CN1CCN2CCN(C)CCN(CC1)Cc1ccc(cc1)N=Nc1ccc(cc1)CN1CCN(C)CCN(CCN(C)CC1)Cc1ccc(cc1)N=Nc1ccc(cc1)C2. The monoisotopic (exact) mass is 813 g/mol. The van der Waals surface area contributed by atoms with Gasteiger partial charge in [-0.25, -0.2) is 0 Å². The topological polar surface area (TPSA) is 75.4 Å². The number of hydrogen-bond acceptors (Lipinski definition) is 12. The quantitative estimate of drug-likeness (QED) is 0.185. The fraction of sp³-hybridized carbons (Fsp3) is 0.500. The van der Waals surface area contributed by atoms with Gasteiger partial charge < -0.3 is 19.6 Å². The Morgan fingerprint density at radius 3 is 0.583 bits per heavy atom. The van der Waals surface area contributed by atoms with Crippen LogP contribution in [-0.4, -0.2) is 172 Å². The van der Waals surface area contributed by atoms with E-state index in [0.717, 1.165) is 154 Å². The second kappa shape index (κ2) is 22.6. The van der Waals surface area contributed by atoms with Gasteiger partial charge in [-0.1, -0.05) is 48.5 Å². The van der Waals surface area contributed by atoms with Gasteiger partial charge in [-0.3, -0.25) is 19.6 Å². The van der Waals surface area contributed by atoms with Crippen molar-refractivity contribution in [3.05, 3.63) is 119 Å². The fourth-order valence-corrected chi connectivity index (χ4v) is 7.96. The second-order valence-corrected chi connectivity index (χ2v) is 17.4. The summed E-state index contributed by atoms with van der Waals surface area (Å²) in [5, 5.41) is 18.4. The molecule has 0 N–H and O–H groups in total. The van der Waals surface area contributed by atoms with E-state index in [4.69, 9.17) is 0 Å². The normalized spacial score (nSPS) is 24.6. The third-order valence-electron chi connectivity index (χ3n) is 12.3. The second-order valence-electron chi connectivity index (χ2n) is 17.4. The van der Waals surface area contributed by atoms with Crippen LogP contribution in [0.2, 0.25) is 0 Å². The average molecular weight is 813 g/mol. The molecule has 0 unspecified atom stereocenters. The van der Waals surface area contributed by atoms with Crippen LogP contribution in [0.25, 0.3) is 0 Å². The minimum absolute atomic E-state index is 0.880. The van der Waals surface area contributed by atoms with E-state index in [1.807, 2.05) is 0 Å². The number of likely N-dealkylation sites (N-methyl/N-ethyl adjacent to an activating group) is 4. The smallest absolute Gasteiger partial charge is 0.0857 e. The van der Waals surface area contributed by atoms with E-state index < -0.39 is 0 Å². The molecular formula is C48H68N12. The lowest BCUT2D eigenvalue weighted by Gasteiger charge is -2.32. The van der Waals surface area contributed by atoms with E-state index in [9.17, 15) is 0 Å². The van der Waals surface area contributed by atoms with Crippen LogP contribution in [0.1, 0.15) is 22.3 Å². The molecule has 4 aromatic carbocycles. The number of nitrogens with zero attached hydrogens (tertiary/aromatic N) is 12. The van der Waals surface area contributed by atoms with Crippen molar-refractivity contribution in [2.75, 3.05) is 133 Å². The van der Waals surface area contributed by atoms with Crippen molar-refractivity contribution in [1.82, 2.24) is 39.2 Å². The minimum atomic E-state index is 0.880. The molecule has 0 amide bonds. The van der Waals surface area contributed by atoms with Crippen LogP contribution in [0.5, 0.6) is 0 Å². The number of rotatable bonds is 0. The summed E-state index contributed by atoms with van der Waals surface area (Å²) >= 11 is 0. The molecule has 0 spiro atoms. The van der Waals surface area contributed by atoms with Crippen molar-refractivity contribution in [2.24, 2.45) is 20.5 Å². The summed E-state index contributed by atoms with van der Waals surface area (Å²) in [7, 11) is 9.04. The average Bonchev–Trinajstić information content (AvgIpc) is 3.26. The van der Waals surface area contributed by atoms with E-state index >= 15 is 0 Å². The lowest BCUT2D eigenvalue weighted by atomic mass is 10.2. The van der Waals surface area contributed by atoms with Gasteiger partial charge in [-0.05, 0) is 99.0 Å². The number of azo groups is 2. The van der Waals surface area contributed by atoms with Gasteiger partial charge in [0.15, 0.2) is 0 Å². The van der Waals surface area contributed by atoms with E-state index in [1.165, 1.54) is 22.3 Å². The van der Waals surface area contributed by atoms with Gasteiger partial charge in [0.2, 0.25) is 0 Å². The molecule has 12 heteroatoms. The summed E-state index contributed by atoms with van der Waals surface area (Å²) in [5.41, 5.74) is 8.75. The highest BCUT2D eigenvalue weighted by Gasteiger charge is 2.17. The third kappa shape index (κ3) is 14.5. The van der Waals surface area contributed by atoms with Crippen LogP contribution < -0.4 is 0 Å². The molecule has 320 valence electrons. The Kier molecular flexibility index (Phi) is 16.5. The maximum absolute atomic E-state index is 4.61. The van der Waals surface area contributed by atoms with Gasteiger partial charge in [-0.2, -0.15) is 20.5 Å². The molecule has 18 aliphatic rings. The van der Waals surface area contributed by atoms with E-state index in [-0.39, 0.29) is 0 Å². The summed E-state index contributed by atoms with van der Waals surface area (Å²) < 4.78 is 0. The molecule has 18 heterocycles. The predicted octanol–water partition coefficient (Wildman–Crippen LogP) is 7.19. The minimum Gasteiger partial charge on any atom is -0.304 e. The number of hydrogen-bond donors (Lipinski definition) is 0. The number of benzene rings is 4. The Labute approximate surface area is 359 Å². The summed E-state index contributed by atoms with van der Waals surface area (Å²) in [4.78, 5) is 20.3. The van der Waals surface area contributed by atoms with Crippen molar-refractivity contribution >= 4 is 22.7 Å². The first kappa shape index (κ1) is 43.8. The summed E-state index contributed by atoms with van der Waals surface area (Å²) in [6.45, 7) is 20.3. The molecule has 0 aromatic heterocycles. The molecule has 2 fully saturated rings. The Balaban J connectivity index is 1.07. The molecule has 12 bridgehead atoms. The molecular weight excluding hydrogens is 745 g/mol. The Hall–Kier alpha value is -4.24. The predicted molar refractivity (Wildman–Crippen MR) is 245 cm³/mol. The van der Waals surface area contributed by atoms with Crippen molar-refractivity contribution in [2.45, 2.75) is 26.2 Å². The van der Waals surface area contributed by atoms with Crippen LogP contribution in [0.3, 0.4) is 0 Å². The van der Waals surface area contributed by atoms with Gasteiger partial charge in [0.05, 0.1) is 22.7 Å². The summed E-state index contributed by atoms with van der Waals surface area (Å²) in [5.74, 6) is 0. The Morgan fingerprint density at radius 2 is 0.417 bits per heavy atom. The molecule has 60 heavy (non-hydrogen) atoms. The third-order valence-corrected chi connectivity index (χ3v) is 12.3. The zero-order valence-corrected chi connectivity index (χ0v) is 36.7. The molecule has 0 atom stereocenters. The molecule has 12 nitrogen and oxygen atoms in total. The molecule has 2 saturated heterocycles. The van der Waals surface area contributed by atoms with E-state index in [2.05, 4.69) is 185 Å². The molecule has 0 radical (unpaired) electrons. The molecule has 18 aliphatic heterocycles. The van der Waals surface area contributed by atoms with Gasteiger partial charge >= 0.3 is 0 Å². The molecule has 0 saturated carbocycles. The Morgan fingerprint density at radius 1 is 0.250 bits per heavy atom. The van der Waals surface area contributed by atoms with Crippen LogP contribution in [0.15, 0.2) is 118 Å². The summed E-state index contributed by atoms with van der Waals surface area (Å²) in [6.07, 6.45) is 0. The van der Waals surface area contributed by atoms with Crippen LogP contribution in [0.4, 0.5) is 22.7 Å². The fourth-order valence-electron chi connectivity index (χ4n) is 7.96. The van der Waals surface area contributed by atoms with E-state index in [0.29, 0.717) is 0 Å². The van der Waals surface area contributed by atoms with E-state index in [1.54, 1.807) is 0 Å². The maximum atomic E-state index is 4.61. The van der Waals surface area contributed by atoms with Crippen molar-refractivity contribution in [3.63, 3.8) is 0 Å². The maximum Gasteiger partial charge on any atom is 0.0857 e. The van der Waals surface area contributed by atoms with Crippen LogP contribution in [0, 0.1) is 0 Å². The van der Waals surface area contributed by atoms with Crippen molar-refractivity contribution in [1.29, 1.82) is 0 Å². The van der Waals surface area contributed by atoms with Crippen LogP contribution in [-0.2, 0) is 26.2 Å². The lowest BCUT2D eigenvalue weighted by molar-refractivity contribution is 0.148. The highest BCUT2D eigenvalue weighted by molar-refractivity contribution is 5.43. The highest BCUT2D eigenvalue weighted by Crippen LogP contribution is 2.23. The zero-order chi connectivity index (χ0) is 41.5. The Bertz CT molecular complexity index is 1600. The zero-order valence-electron chi connectivity index (χ0n) is 36.7. The standard InChI is InChI=1S/C48H68N12/c1-53-21-29-57-31-23-54(2)24-32-58(30-22-53)38-42-7-15-46(16-8-42)50-52-48-19-11-44(12-20-48)40-60-34-26-55(3)25-33-59(35-27-56(4)28-36-60)39-43-9-17-47(18-10-43)51-49-45-13-5-41(37-57)6-14-45/h5-20H,21-40H2,1-4H3. The molecule has 22 rings (SSSR count). The first-order valence-electron chi connectivity index (χ1n) is 22.1. The largest absolute Gasteiger partial charge is 0.304 e. The van der Waals surface area contributed by atoms with Crippen molar-refractivity contribution in [3.8, 4) is 0 Å². The van der Waals surface area contributed by atoms with Gasteiger partial charge in [0, 0.05) is 131 Å². The first-order valence-corrected chi connectivity index (χ1v) is 22.1. The van der Waals surface area contributed by atoms with Gasteiger partial charge in [-0.15, -0.1) is 0 Å². The van der Waals surface area contributed by atoms with Gasteiger partial charge in [0.1, 0.15) is 0 Å². The lowest BCUT2D eigenvalue weighted by Crippen LogP contribution is -2.43. The van der Waals surface area contributed by atoms with Gasteiger partial charge in [0.25, 0.3) is 0 Å². The first-order chi connectivity index (χ1) is 29.3. The molecule has 4 aromatic rings. The highest BCUT2D eigenvalue weighted by atomic mass is 15.3. The van der Waals surface area contributed by atoms with Crippen molar-refractivity contribution < 1.29 is 0 Å². The van der Waals surface area contributed by atoms with Crippen LogP contribution >= 0.6 is 0 Å². The molecule has 0 aliphatic carbocycles.